The standard InChI is InChI=1S/C13H18BrNO/c1-9(16)8-15-13-4-2-3-10-5-6-11(14)7-12(10)13/h5-7,9,13,15-16H,2-4,8H2,1H3/t9-,13?/m0/s1. The molecule has 0 spiro atoms. The van der Waals surface area contributed by atoms with Crippen LogP contribution < -0.4 is 5.32 Å². The van der Waals surface area contributed by atoms with Crippen molar-refractivity contribution >= 4 is 15.9 Å². The molecule has 0 heterocycles. The molecule has 0 bridgehead atoms. The van der Waals surface area contributed by atoms with Crippen LogP contribution in [-0.2, 0) is 6.42 Å². The quantitative estimate of drug-likeness (QED) is 0.894. The fraction of sp³-hybridized carbons (Fsp3) is 0.538. The van der Waals surface area contributed by atoms with E-state index in [9.17, 15) is 5.11 Å². The van der Waals surface area contributed by atoms with Crippen molar-refractivity contribution in [2.75, 3.05) is 6.54 Å². The van der Waals surface area contributed by atoms with E-state index >= 15 is 0 Å². The van der Waals surface area contributed by atoms with E-state index in [-0.39, 0.29) is 6.10 Å². The molecule has 0 aliphatic heterocycles. The van der Waals surface area contributed by atoms with Gasteiger partial charge in [-0.3, -0.25) is 0 Å². The van der Waals surface area contributed by atoms with Crippen molar-refractivity contribution < 1.29 is 5.11 Å². The van der Waals surface area contributed by atoms with Gasteiger partial charge in [0.15, 0.2) is 0 Å². The first-order valence-electron chi connectivity index (χ1n) is 5.86. The third-order valence-corrected chi connectivity index (χ3v) is 3.58. The Morgan fingerprint density at radius 1 is 1.56 bits per heavy atom. The smallest absolute Gasteiger partial charge is 0.0636 e. The van der Waals surface area contributed by atoms with E-state index in [1.54, 1.807) is 0 Å². The normalized spacial score (nSPS) is 21.6. The van der Waals surface area contributed by atoms with E-state index in [1.165, 1.54) is 24.0 Å². The van der Waals surface area contributed by atoms with Crippen molar-refractivity contribution in [3.8, 4) is 0 Å². The summed E-state index contributed by atoms with van der Waals surface area (Å²) in [5.41, 5.74) is 2.83. The topological polar surface area (TPSA) is 32.3 Å². The molecule has 1 aromatic rings. The Morgan fingerprint density at radius 2 is 2.38 bits per heavy atom. The van der Waals surface area contributed by atoms with Crippen molar-refractivity contribution in [3.63, 3.8) is 0 Å². The highest BCUT2D eigenvalue weighted by Crippen LogP contribution is 2.31. The predicted molar refractivity (Wildman–Crippen MR) is 69.5 cm³/mol. The summed E-state index contributed by atoms with van der Waals surface area (Å²) in [5, 5.41) is 12.7. The van der Waals surface area contributed by atoms with E-state index in [4.69, 9.17) is 0 Å². The zero-order valence-electron chi connectivity index (χ0n) is 9.54. The molecule has 2 nitrogen and oxygen atoms in total. The second-order valence-electron chi connectivity index (χ2n) is 4.55. The number of benzene rings is 1. The maximum Gasteiger partial charge on any atom is 0.0636 e. The molecule has 0 saturated carbocycles. The summed E-state index contributed by atoms with van der Waals surface area (Å²) in [6.45, 7) is 2.48. The van der Waals surface area contributed by atoms with Crippen molar-refractivity contribution in [1.82, 2.24) is 5.32 Å². The number of hydrogen-bond acceptors (Lipinski definition) is 2. The Labute approximate surface area is 105 Å². The van der Waals surface area contributed by atoms with Gasteiger partial charge in [-0.15, -0.1) is 0 Å². The predicted octanol–water partition coefficient (Wildman–Crippen LogP) is 2.80. The van der Waals surface area contributed by atoms with Crippen molar-refractivity contribution in [3.05, 3.63) is 33.8 Å². The van der Waals surface area contributed by atoms with E-state index in [0.717, 1.165) is 10.9 Å². The van der Waals surface area contributed by atoms with Gasteiger partial charge >= 0.3 is 0 Å². The van der Waals surface area contributed by atoms with Crippen LogP contribution in [0.3, 0.4) is 0 Å². The highest BCUT2D eigenvalue weighted by molar-refractivity contribution is 9.10. The van der Waals surface area contributed by atoms with E-state index in [2.05, 4.69) is 39.4 Å². The molecule has 1 unspecified atom stereocenters. The maximum atomic E-state index is 9.31. The minimum absolute atomic E-state index is 0.280. The summed E-state index contributed by atoms with van der Waals surface area (Å²) in [4.78, 5) is 0. The number of hydrogen-bond donors (Lipinski definition) is 2. The molecule has 1 aliphatic carbocycles. The molecule has 0 fully saturated rings. The van der Waals surface area contributed by atoms with Crippen LogP contribution in [0.25, 0.3) is 0 Å². The van der Waals surface area contributed by atoms with Gasteiger partial charge in [-0.1, -0.05) is 22.0 Å². The highest BCUT2D eigenvalue weighted by atomic mass is 79.9. The van der Waals surface area contributed by atoms with Crippen LogP contribution in [0.2, 0.25) is 0 Å². The van der Waals surface area contributed by atoms with Crippen molar-refractivity contribution in [1.29, 1.82) is 0 Å². The largest absolute Gasteiger partial charge is 0.392 e. The number of aliphatic hydroxyl groups excluding tert-OH is 1. The van der Waals surface area contributed by atoms with Gasteiger partial charge in [0, 0.05) is 17.1 Å². The summed E-state index contributed by atoms with van der Waals surface area (Å²) in [7, 11) is 0. The SMILES string of the molecule is C[C@H](O)CNC1CCCc2ccc(Br)cc21. The number of nitrogens with one attached hydrogen (secondary N) is 1. The number of fused-ring (bicyclic) bond motifs is 1. The second-order valence-corrected chi connectivity index (χ2v) is 5.46. The molecule has 0 radical (unpaired) electrons. The van der Waals surface area contributed by atoms with Gasteiger partial charge in [-0.2, -0.15) is 0 Å². The zero-order chi connectivity index (χ0) is 11.5. The Bertz CT molecular complexity index is 365. The summed E-state index contributed by atoms with van der Waals surface area (Å²) in [6, 6.07) is 6.91. The molecular formula is C13H18BrNO. The lowest BCUT2D eigenvalue weighted by atomic mass is 9.88. The Morgan fingerprint density at radius 3 is 3.12 bits per heavy atom. The van der Waals surface area contributed by atoms with Crippen LogP contribution in [0.5, 0.6) is 0 Å². The van der Waals surface area contributed by atoms with E-state index < -0.39 is 0 Å². The Hall–Kier alpha value is -0.380. The summed E-state index contributed by atoms with van der Waals surface area (Å²) in [5.74, 6) is 0. The van der Waals surface area contributed by atoms with Gasteiger partial charge in [-0.25, -0.2) is 0 Å². The Kier molecular flexibility index (Phi) is 4.00. The third kappa shape index (κ3) is 2.84. The van der Waals surface area contributed by atoms with Crippen molar-refractivity contribution in [2.24, 2.45) is 0 Å². The monoisotopic (exact) mass is 283 g/mol. The molecule has 0 saturated heterocycles. The molecule has 3 heteroatoms. The van der Waals surface area contributed by atoms with Gasteiger partial charge in [0.05, 0.1) is 6.10 Å². The summed E-state index contributed by atoms with van der Waals surface area (Å²) < 4.78 is 1.14. The average molecular weight is 284 g/mol. The minimum Gasteiger partial charge on any atom is -0.392 e. The van der Waals surface area contributed by atoms with Crippen LogP contribution in [0.1, 0.15) is 36.9 Å². The molecule has 0 amide bonds. The fourth-order valence-corrected chi connectivity index (χ4v) is 2.67. The summed E-state index contributed by atoms with van der Waals surface area (Å²) in [6.07, 6.45) is 3.29. The Balaban J connectivity index is 2.15. The minimum atomic E-state index is -0.280. The van der Waals surface area contributed by atoms with Crippen molar-refractivity contribution in [2.45, 2.75) is 38.3 Å². The zero-order valence-corrected chi connectivity index (χ0v) is 11.1. The molecule has 0 aromatic heterocycles. The fourth-order valence-electron chi connectivity index (χ4n) is 2.29. The van der Waals surface area contributed by atoms with E-state index in [0.29, 0.717) is 12.6 Å². The highest BCUT2D eigenvalue weighted by Gasteiger charge is 2.19. The number of aryl methyl sites for hydroxylation is 1. The van der Waals surface area contributed by atoms with Gasteiger partial charge in [-0.05, 0) is 49.4 Å². The molecule has 2 N–H and O–H groups in total. The van der Waals surface area contributed by atoms with Crippen LogP contribution in [-0.4, -0.2) is 17.8 Å². The molecular weight excluding hydrogens is 266 g/mol. The first-order chi connectivity index (χ1) is 7.66. The van der Waals surface area contributed by atoms with Crippen LogP contribution >= 0.6 is 15.9 Å². The summed E-state index contributed by atoms with van der Waals surface area (Å²) >= 11 is 3.52. The average Bonchev–Trinajstić information content (AvgIpc) is 2.26. The van der Waals surface area contributed by atoms with Gasteiger partial charge < -0.3 is 10.4 Å². The molecule has 1 aliphatic rings. The van der Waals surface area contributed by atoms with Gasteiger partial charge in [0.2, 0.25) is 0 Å². The third-order valence-electron chi connectivity index (χ3n) is 3.08. The molecule has 1 aromatic carbocycles. The molecule has 16 heavy (non-hydrogen) atoms. The molecule has 2 atom stereocenters. The lowest BCUT2D eigenvalue weighted by molar-refractivity contribution is 0.184. The van der Waals surface area contributed by atoms with Crippen LogP contribution in [0.4, 0.5) is 0 Å². The van der Waals surface area contributed by atoms with Crippen LogP contribution in [0, 0.1) is 0 Å². The first kappa shape index (κ1) is 12.1. The molecule has 2 rings (SSSR count). The molecule has 88 valence electrons. The second kappa shape index (κ2) is 5.30. The lowest BCUT2D eigenvalue weighted by Crippen LogP contribution is -2.31. The number of rotatable bonds is 3. The lowest BCUT2D eigenvalue weighted by Gasteiger charge is -2.27. The van der Waals surface area contributed by atoms with Gasteiger partial charge in [0.25, 0.3) is 0 Å². The van der Waals surface area contributed by atoms with Crippen LogP contribution in [0.15, 0.2) is 22.7 Å². The number of aliphatic hydroxyl groups is 1. The van der Waals surface area contributed by atoms with E-state index in [1.807, 2.05) is 6.92 Å². The number of halogens is 1. The van der Waals surface area contributed by atoms with Gasteiger partial charge in [0.1, 0.15) is 0 Å². The maximum absolute atomic E-state index is 9.31. The first-order valence-corrected chi connectivity index (χ1v) is 6.66.